The fourth-order valence-corrected chi connectivity index (χ4v) is 5.16. The summed E-state index contributed by atoms with van der Waals surface area (Å²) in [6.07, 6.45) is 1.82. The van der Waals surface area contributed by atoms with E-state index < -0.39 is 21.8 Å². The van der Waals surface area contributed by atoms with Crippen molar-refractivity contribution in [1.82, 2.24) is 9.62 Å². The molecule has 2 aromatic carbocycles. The lowest BCUT2D eigenvalue weighted by Gasteiger charge is -2.31. The first-order valence-electron chi connectivity index (χ1n) is 10.1. The summed E-state index contributed by atoms with van der Waals surface area (Å²) >= 11 is 0. The molecule has 0 aliphatic carbocycles. The molecular formula is C22H27FN2O5S. The van der Waals surface area contributed by atoms with Gasteiger partial charge in [0, 0.05) is 19.6 Å². The predicted octanol–water partition coefficient (Wildman–Crippen LogP) is 2.60. The van der Waals surface area contributed by atoms with Crippen LogP contribution in [0.15, 0.2) is 47.4 Å². The fraction of sp³-hybridized carbons (Fsp3) is 0.409. The minimum atomic E-state index is -3.76. The first kappa shape index (κ1) is 23.0. The van der Waals surface area contributed by atoms with Gasteiger partial charge in [0.2, 0.25) is 15.9 Å². The molecule has 0 bridgehead atoms. The highest BCUT2D eigenvalue weighted by Gasteiger charge is 2.33. The van der Waals surface area contributed by atoms with Gasteiger partial charge in [-0.3, -0.25) is 4.79 Å². The lowest BCUT2D eigenvalue weighted by Crippen LogP contribution is -2.45. The third kappa shape index (κ3) is 5.54. The van der Waals surface area contributed by atoms with Gasteiger partial charge < -0.3 is 14.8 Å². The van der Waals surface area contributed by atoms with Gasteiger partial charge in [0.1, 0.15) is 5.82 Å². The van der Waals surface area contributed by atoms with Crippen LogP contribution in [0.2, 0.25) is 0 Å². The minimum absolute atomic E-state index is 0.0309. The van der Waals surface area contributed by atoms with Crippen LogP contribution in [-0.2, 0) is 21.2 Å². The number of amides is 1. The second kappa shape index (κ2) is 10.1. The highest BCUT2D eigenvalue weighted by Crippen LogP contribution is 2.28. The quantitative estimate of drug-likeness (QED) is 0.668. The van der Waals surface area contributed by atoms with E-state index in [0.29, 0.717) is 43.9 Å². The van der Waals surface area contributed by atoms with E-state index in [1.54, 1.807) is 14.2 Å². The van der Waals surface area contributed by atoms with E-state index in [0.717, 1.165) is 17.7 Å². The summed E-state index contributed by atoms with van der Waals surface area (Å²) in [5.74, 6) is 0.179. The van der Waals surface area contributed by atoms with E-state index >= 15 is 0 Å². The van der Waals surface area contributed by atoms with E-state index in [4.69, 9.17) is 9.47 Å². The van der Waals surface area contributed by atoms with Crippen molar-refractivity contribution in [2.24, 2.45) is 5.92 Å². The number of carbonyl (C=O) groups is 1. The Morgan fingerprint density at radius 1 is 1.13 bits per heavy atom. The average molecular weight is 451 g/mol. The summed E-state index contributed by atoms with van der Waals surface area (Å²) in [5.41, 5.74) is 0.988. The number of sulfonamides is 1. The average Bonchev–Trinajstić information content (AvgIpc) is 2.79. The molecule has 168 valence electrons. The number of hydrogen-bond acceptors (Lipinski definition) is 5. The van der Waals surface area contributed by atoms with E-state index in [1.165, 1.54) is 16.4 Å². The molecule has 3 rings (SSSR count). The number of carbonyl (C=O) groups excluding carboxylic acids is 1. The van der Waals surface area contributed by atoms with Crippen molar-refractivity contribution in [3.63, 3.8) is 0 Å². The molecule has 1 saturated heterocycles. The maximum absolute atomic E-state index is 13.1. The first-order chi connectivity index (χ1) is 14.8. The van der Waals surface area contributed by atoms with Gasteiger partial charge in [-0.05, 0) is 61.2 Å². The molecule has 0 saturated carbocycles. The molecule has 0 radical (unpaired) electrons. The number of benzene rings is 2. The molecule has 0 unspecified atom stereocenters. The molecule has 1 aliphatic rings. The molecule has 1 fully saturated rings. The van der Waals surface area contributed by atoms with Crippen LogP contribution in [0.5, 0.6) is 11.5 Å². The zero-order valence-electron chi connectivity index (χ0n) is 17.6. The predicted molar refractivity (Wildman–Crippen MR) is 114 cm³/mol. The number of ether oxygens (including phenoxy) is 2. The number of halogens is 1. The monoisotopic (exact) mass is 450 g/mol. The SMILES string of the molecule is COc1ccc(CCNC(=O)[C@@H]2CCCN(S(=O)(=O)c3ccc(F)cc3)C2)cc1OC. The van der Waals surface area contributed by atoms with Gasteiger partial charge in [-0.2, -0.15) is 4.31 Å². The number of methoxy groups -OCH3 is 2. The summed E-state index contributed by atoms with van der Waals surface area (Å²) in [7, 11) is -0.624. The number of nitrogens with zero attached hydrogens (tertiary/aromatic N) is 1. The third-order valence-corrected chi connectivity index (χ3v) is 7.25. The van der Waals surface area contributed by atoms with Gasteiger partial charge in [-0.1, -0.05) is 6.07 Å². The topological polar surface area (TPSA) is 84.9 Å². The molecule has 7 nitrogen and oxygen atoms in total. The Hall–Kier alpha value is -2.65. The Morgan fingerprint density at radius 2 is 1.84 bits per heavy atom. The van der Waals surface area contributed by atoms with Crippen molar-refractivity contribution in [3.8, 4) is 11.5 Å². The molecular weight excluding hydrogens is 423 g/mol. The lowest BCUT2D eigenvalue weighted by molar-refractivity contribution is -0.126. The van der Waals surface area contributed by atoms with Crippen LogP contribution in [0, 0.1) is 11.7 Å². The Labute approximate surface area is 182 Å². The van der Waals surface area contributed by atoms with Crippen LogP contribution < -0.4 is 14.8 Å². The van der Waals surface area contributed by atoms with Gasteiger partial charge >= 0.3 is 0 Å². The van der Waals surface area contributed by atoms with Crippen molar-refractivity contribution in [2.75, 3.05) is 33.9 Å². The zero-order chi connectivity index (χ0) is 22.4. The zero-order valence-corrected chi connectivity index (χ0v) is 18.5. The second-order valence-corrected chi connectivity index (χ2v) is 9.32. The highest BCUT2D eigenvalue weighted by molar-refractivity contribution is 7.89. The molecule has 31 heavy (non-hydrogen) atoms. The summed E-state index contributed by atoms with van der Waals surface area (Å²) in [4.78, 5) is 12.7. The van der Waals surface area contributed by atoms with Crippen LogP contribution in [0.4, 0.5) is 4.39 Å². The maximum atomic E-state index is 13.1. The van der Waals surface area contributed by atoms with Gasteiger partial charge in [0.05, 0.1) is 25.0 Å². The molecule has 1 heterocycles. The van der Waals surface area contributed by atoms with Gasteiger partial charge in [0.15, 0.2) is 11.5 Å². The molecule has 2 aromatic rings. The standard InChI is InChI=1S/C22H27FN2O5S/c1-29-20-10-5-16(14-21(20)30-2)11-12-24-22(26)17-4-3-13-25(15-17)31(27,28)19-8-6-18(23)7-9-19/h5-10,14,17H,3-4,11-13,15H2,1-2H3,(H,24,26)/t17-/m1/s1. The van der Waals surface area contributed by atoms with Crippen molar-refractivity contribution in [3.05, 3.63) is 53.8 Å². The third-order valence-electron chi connectivity index (χ3n) is 5.37. The summed E-state index contributed by atoms with van der Waals surface area (Å²) < 4.78 is 50.6. The van der Waals surface area contributed by atoms with Crippen molar-refractivity contribution in [1.29, 1.82) is 0 Å². The fourth-order valence-electron chi connectivity index (χ4n) is 3.64. The summed E-state index contributed by atoms with van der Waals surface area (Å²) in [6.45, 7) is 0.882. The van der Waals surface area contributed by atoms with Gasteiger partial charge in [-0.15, -0.1) is 0 Å². The second-order valence-electron chi connectivity index (χ2n) is 7.39. The molecule has 1 aliphatic heterocycles. The van der Waals surface area contributed by atoms with Crippen LogP contribution in [0.1, 0.15) is 18.4 Å². The summed E-state index contributed by atoms with van der Waals surface area (Å²) in [5, 5.41) is 2.90. The van der Waals surface area contributed by atoms with E-state index in [-0.39, 0.29) is 17.3 Å². The number of nitrogens with one attached hydrogen (secondary N) is 1. The largest absolute Gasteiger partial charge is 0.493 e. The molecule has 1 atom stereocenters. The Morgan fingerprint density at radius 3 is 2.52 bits per heavy atom. The molecule has 0 spiro atoms. The van der Waals surface area contributed by atoms with Crippen molar-refractivity contribution in [2.45, 2.75) is 24.2 Å². The Bertz CT molecular complexity index is 1010. The van der Waals surface area contributed by atoms with Crippen LogP contribution in [-0.4, -0.2) is 52.5 Å². The minimum Gasteiger partial charge on any atom is -0.493 e. The van der Waals surface area contributed by atoms with E-state index in [1.807, 2.05) is 18.2 Å². The van der Waals surface area contributed by atoms with Crippen LogP contribution in [0.3, 0.4) is 0 Å². The van der Waals surface area contributed by atoms with E-state index in [9.17, 15) is 17.6 Å². The normalized spacial score (nSPS) is 17.2. The molecule has 1 N–H and O–H groups in total. The van der Waals surface area contributed by atoms with Crippen LogP contribution in [0.25, 0.3) is 0 Å². The highest BCUT2D eigenvalue weighted by atomic mass is 32.2. The van der Waals surface area contributed by atoms with Crippen molar-refractivity contribution < 1.29 is 27.1 Å². The lowest BCUT2D eigenvalue weighted by atomic mass is 9.99. The molecule has 0 aromatic heterocycles. The first-order valence-corrected chi connectivity index (χ1v) is 11.5. The van der Waals surface area contributed by atoms with E-state index in [2.05, 4.69) is 5.32 Å². The molecule has 1 amide bonds. The number of piperidine rings is 1. The Balaban J connectivity index is 1.57. The Kier molecular flexibility index (Phi) is 7.50. The maximum Gasteiger partial charge on any atom is 0.243 e. The summed E-state index contributed by atoms with van der Waals surface area (Å²) in [6, 6.07) is 10.3. The smallest absolute Gasteiger partial charge is 0.243 e. The van der Waals surface area contributed by atoms with Gasteiger partial charge in [0.25, 0.3) is 0 Å². The van der Waals surface area contributed by atoms with Crippen LogP contribution >= 0.6 is 0 Å². The van der Waals surface area contributed by atoms with Gasteiger partial charge in [-0.25, -0.2) is 12.8 Å². The van der Waals surface area contributed by atoms with Crippen molar-refractivity contribution >= 4 is 15.9 Å². The number of rotatable bonds is 8. The number of hydrogen-bond donors (Lipinski definition) is 1. The molecule has 9 heteroatoms.